The summed E-state index contributed by atoms with van der Waals surface area (Å²) in [5, 5.41) is 0. The van der Waals surface area contributed by atoms with Crippen molar-refractivity contribution in [1.82, 2.24) is 9.97 Å². The highest BCUT2D eigenvalue weighted by Gasteiger charge is 2.29. The molecule has 1 aromatic heterocycles. The van der Waals surface area contributed by atoms with E-state index in [1.54, 1.807) is 6.92 Å². The predicted molar refractivity (Wildman–Crippen MR) is 119 cm³/mol. The zero-order chi connectivity index (χ0) is 22.0. The highest BCUT2D eigenvalue weighted by molar-refractivity contribution is 5.76. The van der Waals surface area contributed by atoms with Crippen molar-refractivity contribution in [2.24, 2.45) is 5.92 Å². The number of aromatic nitrogens is 2. The van der Waals surface area contributed by atoms with Gasteiger partial charge in [0.25, 0.3) is 0 Å². The molecule has 2 aromatic rings. The molecule has 0 unspecified atom stereocenters. The van der Waals surface area contributed by atoms with Crippen molar-refractivity contribution >= 4 is 17.5 Å². The fourth-order valence-electron chi connectivity index (χ4n) is 4.16. The second-order valence-electron chi connectivity index (χ2n) is 9.02. The molecular formula is C24H31FN4O2. The number of rotatable bonds is 9. The number of hydrogen-bond acceptors (Lipinski definition) is 6. The summed E-state index contributed by atoms with van der Waals surface area (Å²) in [6, 6.07) is 7.93. The molecule has 2 fully saturated rings. The van der Waals surface area contributed by atoms with Gasteiger partial charge < -0.3 is 19.3 Å². The van der Waals surface area contributed by atoms with Crippen LogP contribution in [-0.2, 0) is 4.79 Å². The van der Waals surface area contributed by atoms with Gasteiger partial charge in [0.15, 0.2) is 11.6 Å². The summed E-state index contributed by atoms with van der Waals surface area (Å²) >= 11 is 0. The van der Waals surface area contributed by atoms with Gasteiger partial charge in [0.2, 0.25) is 5.95 Å². The first kappa shape index (κ1) is 21.5. The van der Waals surface area contributed by atoms with Crippen molar-refractivity contribution in [2.75, 3.05) is 36.5 Å². The molecule has 0 radical (unpaired) electrons. The van der Waals surface area contributed by atoms with Crippen LogP contribution in [0.3, 0.4) is 0 Å². The highest BCUT2D eigenvalue weighted by atomic mass is 19.1. The molecule has 1 aliphatic carbocycles. The van der Waals surface area contributed by atoms with Crippen LogP contribution in [0.1, 0.15) is 51.0 Å². The molecule has 31 heavy (non-hydrogen) atoms. The van der Waals surface area contributed by atoms with Crippen LogP contribution in [-0.4, -0.2) is 48.5 Å². The number of benzene rings is 1. The Bertz CT molecular complexity index is 916. The van der Waals surface area contributed by atoms with Gasteiger partial charge in [-0.15, -0.1) is 0 Å². The molecule has 2 aliphatic rings. The van der Waals surface area contributed by atoms with Crippen molar-refractivity contribution in [3.05, 3.63) is 41.8 Å². The average Bonchev–Trinajstić information content (AvgIpc) is 3.43. The van der Waals surface area contributed by atoms with E-state index in [1.807, 2.05) is 41.1 Å². The van der Waals surface area contributed by atoms with Crippen LogP contribution in [0.2, 0.25) is 0 Å². The summed E-state index contributed by atoms with van der Waals surface area (Å²) < 4.78 is 20.6. The maximum Gasteiger partial charge on any atom is 0.227 e. The van der Waals surface area contributed by atoms with E-state index in [4.69, 9.17) is 4.74 Å². The van der Waals surface area contributed by atoms with E-state index in [2.05, 4.69) is 16.9 Å². The maximum atomic E-state index is 14.5. The Morgan fingerprint density at radius 3 is 2.71 bits per heavy atom. The maximum absolute atomic E-state index is 14.5. The van der Waals surface area contributed by atoms with E-state index < -0.39 is 5.82 Å². The zero-order valence-electron chi connectivity index (χ0n) is 18.6. The number of hydrogen-bond donors (Lipinski definition) is 0. The van der Waals surface area contributed by atoms with Crippen LogP contribution in [0.5, 0.6) is 5.75 Å². The lowest BCUT2D eigenvalue weighted by Crippen LogP contribution is -2.28. The van der Waals surface area contributed by atoms with Gasteiger partial charge in [0.1, 0.15) is 17.6 Å². The monoisotopic (exact) mass is 426 g/mol. The Hall–Kier alpha value is -2.70. The summed E-state index contributed by atoms with van der Waals surface area (Å²) in [6.45, 7) is 5.87. The van der Waals surface area contributed by atoms with Crippen LogP contribution < -0.4 is 14.5 Å². The van der Waals surface area contributed by atoms with Gasteiger partial charge in [-0.3, -0.25) is 0 Å². The van der Waals surface area contributed by atoms with E-state index in [1.165, 1.54) is 19.0 Å². The molecule has 1 saturated carbocycles. The number of nitrogens with zero attached hydrogens (tertiary/aromatic N) is 4. The summed E-state index contributed by atoms with van der Waals surface area (Å²) in [6.07, 6.45) is 5.10. The molecule has 4 rings (SSSR count). The van der Waals surface area contributed by atoms with Gasteiger partial charge in [-0.1, -0.05) is 19.1 Å². The van der Waals surface area contributed by atoms with Crippen LogP contribution >= 0.6 is 0 Å². The standard InChI is InChI=1S/C24H31FN4O2/c1-16(12-17(2)30)19-6-8-20(9-7-19)31-21-10-11-29(15-21)23-22(25)13-26-24(27-23)28(3)14-18-4-5-18/h6-9,13,16,18,21H,4-5,10-12,14-15H2,1-3H3/t16-,21-/m1/s1. The SMILES string of the molecule is CC(=O)C[C@@H](C)c1ccc(O[C@@H]2CCN(c3nc(N(C)CC4CC4)ncc3F)C2)cc1. The number of ketones is 1. The van der Waals surface area contributed by atoms with E-state index in [9.17, 15) is 9.18 Å². The third-order valence-electron chi connectivity index (χ3n) is 6.07. The minimum absolute atomic E-state index is 0.0255. The van der Waals surface area contributed by atoms with Crippen LogP contribution in [0, 0.1) is 11.7 Å². The minimum atomic E-state index is -0.395. The molecule has 0 amide bonds. The smallest absolute Gasteiger partial charge is 0.227 e. The van der Waals surface area contributed by atoms with Crippen LogP contribution in [0.25, 0.3) is 0 Å². The number of anilines is 2. The third kappa shape index (κ3) is 5.51. The summed E-state index contributed by atoms with van der Waals surface area (Å²) in [5.41, 5.74) is 1.13. The molecule has 0 bridgehead atoms. The van der Waals surface area contributed by atoms with Gasteiger partial charge in [-0.2, -0.15) is 4.98 Å². The lowest BCUT2D eigenvalue weighted by atomic mass is 9.96. The molecule has 166 valence electrons. The van der Waals surface area contributed by atoms with E-state index in [-0.39, 0.29) is 17.8 Å². The largest absolute Gasteiger partial charge is 0.489 e. The van der Waals surface area contributed by atoms with Gasteiger partial charge in [-0.25, -0.2) is 9.37 Å². The third-order valence-corrected chi connectivity index (χ3v) is 6.07. The molecule has 1 aliphatic heterocycles. The van der Waals surface area contributed by atoms with E-state index in [0.717, 1.165) is 24.3 Å². The first-order valence-electron chi connectivity index (χ1n) is 11.1. The molecule has 2 heterocycles. The Balaban J connectivity index is 1.36. The number of carbonyl (C=O) groups is 1. The zero-order valence-corrected chi connectivity index (χ0v) is 18.6. The van der Waals surface area contributed by atoms with Crippen LogP contribution in [0.15, 0.2) is 30.5 Å². The quantitative estimate of drug-likeness (QED) is 0.599. The molecule has 1 saturated heterocycles. The van der Waals surface area contributed by atoms with E-state index >= 15 is 0 Å². The summed E-state index contributed by atoms with van der Waals surface area (Å²) in [4.78, 5) is 24.0. The van der Waals surface area contributed by atoms with Crippen molar-refractivity contribution in [3.63, 3.8) is 0 Å². The Kier molecular flexibility index (Phi) is 6.39. The fraction of sp³-hybridized carbons (Fsp3) is 0.542. The van der Waals surface area contributed by atoms with Crippen molar-refractivity contribution in [1.29, 1.82) is 0 Å². The lowest BCUT2D eigenvalue weighted by Gasteiger charge is -2.22. The van der Waals surface area contributed by atoms with Crippen molar-refractivity contribution < 1.29 is 13.9 Å². The summed E-state index contributed by atoms with van der Waals surface area (Å²) in [5.74, 6) is 2.42. The van der Waals surface area contributed by atoms with Crippen LogP contribution in [0.4, 0.5) is 16.2 Å². The fourth-order valence-corrected chi connectivity index (χ4v) is 4.16. The Morgan fingerprint density at radius 2 is 2.03 bits per heavy atom. The number of Topliss-reactive ketones (excluding diaryl/α,β-unsaturated/α-hetero) is 1. The highest BCUT2D eigenvalue weighted by Crippen LogP contribution is 2.31. The summed E-state index contributed by atoms with van der Waals surface area (Å²) in [7, 11) is 1.96. The topological polar surface area (TPSA) is 58.6 Å². The number of carbonyl (C=O) groups excluding carboxylic acids is 1. The number of ether oxygens (including phenoxy) is 1. The Morgan fingerprint density at radius 1 is 1.29 bits per heavy atom. The molecule has 0 N–H and O–H groups in total. The van der Waals surface area contributed by atoms with E-state index in [0.29, 0.717) is 37.2 Å². The lowest BCUT2D eigenvalue weighted by molar-refractivity contribution is -0.117. The second-order valence-corrected chi connectivity index (χ2v) is 9.02. The molecule has 1 aromatic carbocycles. The molecule has 0 spiro atoms. The first-order valence-corrected chi connectivity index (χ1v) is 11.1. The molecule has 2 atom stereocenters. The average molecular weight is 427 g/mol. The normalized spacial score (nSPS) is 19.4. The second kappa shape index (κ2) is 9.20. The van der Waals surface area contributed by atoms with Gasteiger partial charge >= 0.3 is 0 Å². The van der Waals surface area contributed by atoms with Gasteiger partial charge in [0, 0.05) is 33.0 Å². The predicted octanol–water partition coefficient (Wildman–Crippen LogP) is 4.20. The molecule has 6 nitrogen and oxygen atoms in total. The molecular weight excluding hydrogens is 395 g/mol. The Labute approximate surface area is 183 Å². The minimum Gasteiger partial charge on any atom is -0.489 e. The van der Waals surface area contributed by atoms with Gasteiger partial charge in [-0.05, 0) is 49.3 Å². The number of halogens is 1. The first-order chi connectivity index (χ1) is 14.9. The van der Waals surface area contributed by atoms with Gasteiger partial charge in [0.05, 0.1) is 12.7 Å². The molecule has 7 heteroatoms. The van der Waals surface area contributed by atoms with Crippen molar-refractivity contribution in [2.45, 2.75) is 51.6 Å². The van der Waals surface area contributed by atoms with Crippen molar-refractivity contribution in [3.8, 4) is 5.75 Å².